The van der Waals surface area contributed by atoms with Gasteiger partial charge in [0.25, 0.3) is 0 Å². The van der Waals surface area contributed by atoms with Gasteiger partial charge in [-0.2, -0.15) is 10.4 Å². The number of anilines is 2. The molecule has 2 aliphatic rings. The largest absolute Gasteiger partial charge is 0.391 e. The van der Waals surface area contributed by atoms with Crippen LogP contribution in [0.1, 0.15) is 61.4 Å². The van der Waals surface area contributed by atoms with Crippen molar-refractivity contribution in [3.8, 4) is 27.6 Å². The number of hydrogen-bond donors (Lipinski definition) is 5. The molecule has 5 N–H and O–H groups in total. The number of carbonyl (C=O) groups is 4. The minimum atomic E-state index is -0.946. The number of aliphatic hydroxyl groups excluding tert-OH is 1. The second kappa shape index (κ2) is 25.2. The summed E-state index contributed by atoms with van der Waals surface area (Å²) in [6, 6.07) is 29.5. The average Bonchev–Trinajstić information content (AvgIpc) is 4.18. The zero-order valence-corrected chi connectivity index (χ0v) is 41.8. The molecule has 1 saturated heterocycles. The van der Waals surface area contributed by atoms with E-state index in [1.54, 1.807) is 41.4 Å². The third-order valence-electron chi connectivity index (χ3n) is 13.0. The second-order valence-corrected chi connectivity index (χ2v) is 19.1. The number of urea groups is 1. The Balaban J connectivity index is 0.742. The summed E-state index contributed by atoms with van der Waals surface area (Å²) in [6.07, 6.45) is 7.84. The van der Waals surface area contributed by atoms with E-state index >= 15 is 0 Å². The van der Waals surface area contributed by atoms with Crippen molar-refractivity contribution in [2.75, 3.05) is 43.2 Å². The number of amides is 5. The molecule has 19 heteroatoms. The Kier molecular flexibility index (Phi) is 17.9. The molecule has 0 radical (unpaired) electrons. The highest BCUT2D eigenvalue weighted by Crippen LogP contribution is 2.32. The molecule has 73 heavy (non-hydrogen) atoms. The normalized spacial score (nSPS) is 17.8. The van der Waals surface area contributed by atoms with Crippen LogP contribution in [0.2, 0.25) is 0 Å². The highest BCUT2D eigenvalue weighted by atomic mass is 32.1. The smallest absolute Gasteiger partial charge is 0.322 e. The Morgan fingerprint density at radius 3 is 2.29 bits per heavy atom. The summed E-state index contributed by atoms with van der Waals surface area (Å²) in [5.74, 6) is -0.611. The number of β-amino-alcohol motifs (C(OH)–C–C–N with tert-alkyl or cyclic N) is 1. The number of benzene rings is 3. The molecule has 5 amide bonds. The van der Waals surface area contributed by atoms with E-state index in [-0.39, 0.29) is 63.4 Å². The second-order valence-electron chi connectivity index (χ2n) is 18.3. The van der Waals surface area contributed by atoms with E-state index in [1.807, 2.05) is 108 Å². The molecule has 1 aliphatic heterocycles. The first-order valence-electron chi connectivity index (χ1n) is 24.6. The number of hydrogen-bond acceptors (Lipinski definition) is 13. The first-order chi connectivity index (χ1) is 35.5. The Morgan fingerprint density at radius 1 is 0.849 bits per heavy atom. The van der Waals surface area contributed by atoms with Crippen LogP contribution in [0.5, 0.6) is 0 Å². The van der Waals surface area contributed by atoms with Crippen molar-refractivity contribution in [1.29, 1.82) is 5.26 Å². The predicted octanol–water partition coefficient (Wildman–Crippen LogP) is 6.20. The lowest BCUT2D eigenvalue weighted by atomic mass is 9.89. The summed E-state index contributed by atoms with van der Waals surface area (Å²) < 4.78 is 13.1. The first kappa shape index (κ1) is 51.8. The summed E-state index contributed by atoms with van der Waals surface area (Å²) in [5.41, 5.74) is 8.90. The number of aryl methyl sites for hydroxylation is 1. The van der Waals surface area contributed by atoms with Crippen molar-refractivity contribution in [1.82, 2.24) is 40.6 Å². The highest BCUT2D eigenvalue weighted by Gasteiger charge is 2.40. The first-order valence-corrected chi connectivity index (χ1v) is 25.5. The van der Waals surface area contributed by atoms with E-state index in [0.29, 0.717) is 25.3 Å². The van der Waals surface area contributed by atoms with Gasteiger partial charge in [0.2, 0.25) is 17.7 Å². The number of nitrogens with zero attached hydrogens (tertiary/aromatic N) is 7. The van der Waals surface area contributed by atoms with Gasteiger partial charge in [0.05, 0.1) is 60.3 Å². The van der Waals surface area contributed by atoms with E-state index in [0.717, 1.165) is 75.6 Å². The van der Waals surface area contributed by atoms with Crippen LogP contribution in [0.15, 0.2) is 115 Å². The number of carbonyl (C=O) groups excluding carboxylic acids is 4. The van der Waals surface area contributed by atoms with Crippen LogP contribution < -0.4 is 26.2 Å². The predicted molar refractivity (Wildman–Crippen MR) is 277 cm³/mol. The number of nitrogens with one attached hydrogen (secondary N) is 4. The van der Waals surface area contributed by atoms with Crippen LogP contribution in [0.25, 0.3) is 21.6 Å². The Labute approximate surface area is 428 Å². The van der Waals surface area contributed by atoms with Crippen LogP contribution in [-0.4, -0.2) is 117 Å². The van der Waals surface area contributed by atoms with Crippen molar-refractivity contribution < 1.29 is 33.8 Å². The molecule has 0 unspecified atom stereocenters. The van der Waals surface area contributed by atoms with E-state index in [2.05, 4.69) is 42.4 Å². The lowest BCUT2D eigenvalue weighted by Gasteiger charge is -2.37. The van der Waals surface area contributed by atoms with E-state index in [9.17, 15) is 24.3 Å². The minimum absolute atomic E-state index is 0.00758. The number of nitriles is 1. The van der Waals surface area contributed by atoms with Gasteiger partial charge in [-0.15, -0.1) is 11.3 Å². The maximum Gasteiger partial charge on any atom is 0.322 e. The van der Waals surface area contributed by atoms with Crippen molar-refractivity contribution in [2.45, 2.75) is 95.9 Å². The van der Waals surface area contributed by atoms with Gasteiger partial charge < -0.3 is 40.7 Å². The highest BCUT2D eigenvalue weighted by molar-refractivity contribution is 7.13. The van der Waals surface area contributed by atoms with Gasteiger partial charge >= 0.3 is 6.03 Å². The van der Waals surface area contributed by atoms with Gasteiger partial charge in [-0.3, -0.25) is 24.0 Å². The molecule has 2 fully saturated rings. The standard InChI is InChI=1S/C54H61N11O7S/c1-36-51(73-35-59-36)42-11-8-39(9-12-42)28-57-52(68)48-26-47(66)33-64(48)53(69)37(2)61-50(67)34-72-25-24-71-23-22-63-32-43(31-60-63)41-13-17-45(18-14-41)65(54(70)58-29-38-6-4-3-5-7-38)46-19-15-44(16-20-46)62-49-21-10-40(27-55)30-56-49/h3-14,17-18,21,30-32,35,37,44,46-48,66H,15-16,19-20,22-26,28-29,33-34H2,1-2H3,(H,56,62)(H,57,68)(H,58,70)(H,61,67)/t37-,44?,46?,47+,48-/m0/s1. The van der Waals surface area contributed by atoms with Gasteiger partial charge in [0.1, 0.15) is 30.6 Å². The number of ether oxygens (including phenoxy) is 2. The quantitative estimate of drug-likeness (QED) is 0.0508. The number of rotatable bonds is 21. The van der Waals surface area contributed by atoms with Gasteiger partial charge in [0, 0.05) is 61.8 Å². The van der Waals surface area contributed by atoms with Gasteiger partial charge in [0.15, 0.2) is 0 Å². The van der Waals surface area contributed by atoms with E-state index in [1.165, 1.54) is 4.90 Å². The van der Waals surface area contributed by atoms with Crippen LogP contribution in [0.4, 0.5) is 16.3 Å². The molecule has 6 aromatic rings. The van der Waals surface area contributed by atoms with E-state index < -0.39 is 30.0 Å². The molecule has 1 saturated carbocycles. The molecule has 3 aromatic heterocycles. The number of aromatic nitrogens is 4. The molecular formula is C54H61N11O7S. The molecule has 18 nitrogen and oxygen atoms in total. The van der Waals surface area contributed by atoms with Gasteiger partial charge in [-0.05, 0) is 86.1 Å². The molecule has 0 spiro atoms. The Bertz CT molecular complexity index is 2810. The lowest BCUT2D eigenvalue weighted by molar-refractivity contribution is -0.141. The summed E-state index contributed by atoms with van der Waals surface area (Å²) in [7, 11) is 0. The Hall–Kier alpha value is -7.50. The average molecular weight is 1010 g/mol. The zero-order chi connectivity index (χ0) is 51.1. The Morgan fingerprint density at radius 2 is 1.58 bits per heavy atom. The van der Waals surface area contributed by atoms with Gasteiger partial charge in [-0.1, -0.05) is 66.7 Å². The fourth-order valence-electron chi connectivity index (χ4n) is 9.14. The number of likely N-dealkylation sites (tertiary alicyclic amines) is 1. The van der Waals surface area contributed by atoms with Crippen molar-refractivity contribution in [3.05, 3.63) is 137 Å². The summed E-state index contributed by atoms with van der Waals surface area (Å²) in [5, 5.41) is 36.2. The SMILES string of the molecule is Cc1ncsc1-c1ccc(CNC(=O)[C@@H]2C[C@@H](O)CN2C(=O)[C@H](C)NC(=O)COCCOCCn2cc(-c3ccc(N(C(=O)NCc4ccccc4)C4CCC(Nc5ccc(C#N)cn5)CC4)cc3)cn2)cc1. The molecule has 1 aliphatic carbocycles. The monoisotopic (exact) mass is 1010 g/mol. The zero-order valence-electron chi connectivity index (χ0n) is 41.0. The van der Waals surface area contributed by atoms with Gasteiger partial charge in [-0.25, -0.2) is 14.8 Å². The topological polar surface area (TPSA) is 229 Å². The summed E-state index contributed by atoms with van der Waals surface area (Å²) in [4.78, 5) is 66.2. The third-order valence-corrected chi connectivity index (χ3v) is 14.0. The molecular weight excluding hydrogens is 947 g/mol. The number of aliphatic hydroxyl groups is 1. The van der Waals surface area contributed by atoms with Crippen molar-refractivity contribution in [3.63, 3.8) is 0 Å². The molecule has 3 atom stereocenters. The maximum atomic E-state index is 13.9. The van der Waals surface area contributed by atoms with Crippen LogP contribution in [-0.2, 0) is 43.5 Å². The summed E-state index contributed by atoms with van der Waals surface area (Å²) in [6.45, 7) is 5.09. The van der Waals surface area contributed by atoms with Crippen LogP contribution in [0, 0.1) is 18.3 Å². The lowest BCUT2D eigenvalue weighted by Crippen LogP contribution is -2.53. The molecule has 4 heterocycles. The van der Waals surface area contributed by atoms with E-state index in [4.69, 9.17) is 14.7 Å². The third kappa shape index (κ3) is 14.1. The fraction of sp³-hybridized carbons (Fsp3) is 0.370. The fourth-order valence-corrected chi connectivity index (χ4v) is 9.95. The van der Waals surface area contributed by atoms with Crippen LogP contribution in [0.3, 0.4) is 0 Å². The molecule has 0 bridgehead atoms. The number of thiazole rings is 1. The molecule has 380 valence electrons. The summed E-state index contributed by atoms with van der Waals surface area (Å²) >= 11 is 1.57. The molecule has 3 aromatic carbocycles. The molecule has 8 rings (SSSR count). The number of pyridine rings is 1. The van der Waals surface area contributed by atoms with Crippen molar-refractivity contribution in [2.24, 2.45) is 0 Å². The maximum absolute atomic E-state index is 13.9. The van der Waals surface area contributed by atoms with Crippen LogP contribution >= 0.6 is 11.3 Å². The minimum Gasteiger partial charge on any atom is -0.391 e. The van der Waals surface area contributed by atoms with Crippen molar-refractivity contribution >= 4 is 46.6 Å².